The molecule has 1 N–H and O–H groups in total. The lowest BCUT2D eigenvalue weighted by atomic mass is 10.1. The van der Waals surface area contributed by atoms with E-state index >= 15 is 4.39 Å². The highest BCUT2D eigenvalue weighted by molar-refractivity contribution is 7.21. The van der Waals surface area contributed by atoms with Crippen LogP contribution in [-0.4, -0.2) is 47.2 Å². The molecule has 0 radical (unpaired) electrons. The lowest BCUT2D eigenvalue weighted by Gasteiger charge is -2.25. The number of nitrogens with one attached hydrogen (secondary N) is 1. The van der Waals surface area contributed by atoms with Crippen molar-refractivity contribution in [2.75, 3.05) is 25.7 Å². The maximum atomic E-state index is 15.1. The first kappa shape index (κ1) is 29.3. The van der Waals surface area contributed by atoms with Crippen molar-refractivity contribution in [3.8, 4) is 22.9 Å². The second-order valence-electron chi connectivity index (χ2n) is 10.6. The van der Waals surface area contributed by atoms with Gasteiger partial charge in [0.1, 0.15) is 29.2 Å². The Kier molecular flexibility index (Phi) is 8.30. The molecular weight excluding hydrogens is 581 g/mol. The molecule has 0 saturated carbocycles. The van der Waals surface area contributed by atoms with E-state index in [4.69, 9.17) is 19.4 Å². The summed E-state index contributed by atoms with van der Waals surface area (Å²) in [7, 11) is 3.10. The van der Waals surface area contributed by atoms with Gasteiger partial charge in [0.25, 0.3) is 5.56 Å². The number of hydrogen-bond donors (Lipinski definition) is 1. The summed E-state index contributed by atoms with van der Waals surface area (Å²) in [5.41, 5.74) is 1.66. The van der Waals surface area contributed by atoms with Crippen LogP contribution in [0.25, 0.3) is 21.7 Å². The molecule has 1 saturated heterocycles. The van der Waals surface area contributed by atoms with Crippen LogP contribution in [0.2, 0.25) is 0 Å². The third-order valence-corrected chi connectivity index (χ3v) is 8.89. The molecule has 0 aliphatic carbocycles. The number of thiazole rings is 1. The fraction of sp³-hybridized carbons (Fsp3) is 0.273. The number of methoxy groups -OCH3 is 2. The number of rotatable bonds is 9. The van der Waals surface area contributed by atoms with Crippen LogP contribution in [0.15, 0.2) is 77.6 Å². The fourth-order valence-electron chi connectivity index (χ4n) is 5.57. The van der Waals surface area contributed by atoms with Crippen molar-refractivity contribution in [2.45, 2.75) is 38.4 Å². The summed E-state index contributed by atoms with van der Waals surface area (Å²) in [5, 5.41) is 3.66. The number of carbonyl (C=O) groups is 1. The first-order chi connectivity index (χ1) is 21.4. The fourth-order valence-corrected chi connectivity index (χ4v) is 6.58. The van der Waals surface area contributed by atoms with Crippen molar-refractivity contribution in [3.63, 3.8) is 0 Å². The molecule has 226 valence electrons. The van der Waals surface area contributed by atoms with E-state index in [2.05, 4.69) is 5.32 Å². The lowest BCUT2D eigenvalue weighted by Crippen LogP contribution is -2.44. The zero-order chi connectivity index (χ0) is 30.8. The van der Waals surface area contributed by atoms with Crippen molar-refractivity contribution >= 4 is 32.7 Å². The van der Waals surface area contributed by atoms with Gasteiger partial charge in [0.15, 0.2) is 15.5 Å². The van der Waals surface area contributed by atoms with Crippen molar-refractivity contribution < 1.29 is 18.7 Å². The molecule has 9 nitrogen and oxygen atoms in total. The Balaban J connectivity index is 1.39. The van der Waals surface area contributed by atoms with Crippen LogP contribution in [0.1, 0.15) is 36.9 Å². The second kappa shape index (κ2) is 12.5. The smallest absolute Gasteiger partial charge is 0.281 e. The standard InChI is InChI=1S/C33H32FN5O4S/c1-20(21-10-5-4-6-11-21)35-30(40)26-14-9-17-38(26)33-36-28-31(44-33)37-29(24-12-7-8-13-25(24)34)39(32(28)41)19-22-15-16-23(42-2)18-27(22)43-3/h4-8,10-13,15-16,18,20,26H,9,14,17,19H2,1-3H3,(H,35,40)/t20-,26?/m1/s1. The Labute approximate surface area is 257 Å². The summed E-state index contributed by atoms with van der Waals surface area (Å²) in [6.07, 6.45) is 1.47. The minimum atomic E-state index is -0.497. The van der Waals surface area contributed by atoms with Gasteiger partial charge in [-0.1, -0.05) is 53.8 Å². The highest BCUT2D eigenvalue weighted by atomic mass is 32.1. The van der Waals surface area contributed by atoms with Gasteiger partial charge in [0.05, 0.1) is 32.4 Å². The molecule has 1 aliphatic heterocycles. The minimum Gasteiger partial charge on any atom is -0.497 e. The molecule has 1 unspecified atom stereocenters. The van der Waals surface area contributed by atoms with E-state index in [1.54, 1.807) is 43.5 Å². The lowest BCUT2D eigenvalue weighted by molar-refractivity contribution is -0.122. The minimum absolute atomic E-state index is 0.0671. The quantitative estimate of drug-likeness (QED) is 0.232. The molecule has 1 amide bonds. The van der Waals surface area contributed by atoms with Gasteiger partial charge in [-0.3, -0.25) is 14.2 Å². The molecule has 11 heteroatoms. The molecule has 0 bridgehead atoms. The van der Waals surface area contributed by atoms with E-state index in [0.717, 1.165) is 12.0 Å². The van der Waals surface area contributed by atoms with Gasteiger partial charge < -0.3 is 19.7 Å². The average Bonchev–Trinajstić information content (AvgIpc) is 3.71. The number of carbonyl (C=O) groups excluding carboxylic acids is 1. The SMILES string of the molecule is COc1ccc(Cn2c(-c3ccccc3F)nc3sc(N4CCCC4C(=O)N[C@H](C)c4ccccc4)nc3c2=O)c(OC)c1. The Morgan fingerprint density at radius 2 is 1.84 bits per heavy atom. The number of hydrogen-bond acceptors (Lipinski definition) is 8. The molecule has 3 aromatic carbocycles. The first-order valence-corrected chi connectivity index (χ1v) is 15.2. The zero-order valence-electron chi connectivity index (χ0n) is 24.6. The zero-order valence-corrected chi connectivity index (χ0v) is 25.4. The molecule has 5 aromatic rings. The molecule has 6 rings (SSSR count). The number of amides is 1. The number of benzene rings is 3. The number of halogens is 1. The second-order valence-corrected chi connectivity index (χ2v) is 11.6. The molecule has 2 atom stereocenters. The van der Waals surface area contributed by atoms with E-state index in [1.807, 2.05) is 42.2 Å². The molecular formula is C33H32FN5O4S. The first-order valence-electron chi connectivity index (χ1n) is 14.4. The van der Waals surface area contributed by atoms with Gasteiger partial charge in [-0.15, -0.1) is 0 Å². The summed E-state index contributed by atoms with van der Waals surface area (Å²) in [6, 6.07) is 20.7. The molecule has 0 spiro atoms. The molecule has 44 heavy (non-hydrogen) atoms. The highest BCUT2D eigenvalue weighted by Crippen LogP contribution is 2.34. The normalized spacial score (nSPS) is 15.4. The number of anilines is 1. The van der Waals surface area contributed by atoms with Gasteiger partial charge in [0.2, 0.25) is 5.91 Å². The van der Waals surface area contributed by atoms with Crippen LogP contribution in [-0.2, 0) is 11.3 Å². The maximum Gasteiger partial charge on any atom is 0.281 e. The molecule has 3 heterocycles. The Bertz CT molecular complexity index is 1880. The van der Waals surface area contributed by atoms with Crippen LogP contribution in [0.3, 0.4) is 0 Å². The topological polar surface area (TPSA) is 98.6 Å². The molecule has 1 aliphatic rings. The maximum absolute atomic E-state index is 15.1. The third-order valence-electron chi connectivity index (χ3n) is 7.91. The average molecular weight is 614 g/mol. The van der Waals surface area contributed by atoms with E-state index in [9.17, 15) is 9.59 Å². The largest absolute Gasteiger partial charge is 0.497 e. The summed E-state index contributed by atoms with van der Waals surface area (Å²) >= 11 is 1.23. The number of nitrogens with zero attached hydrogens (tertiary/aromatic N) is 4. The number of aromatic nitrogens is 3. The summed E-state index contributed by atoms with van der Waals surface area (Å²) < 4.78 is 27.4. The van der Waals surface area contributed by atoms with E-state index in [0.29, 0.717) is 40.0 Å². The van der Waals surface area contributed by atoms with Gasteiger partial charge in [-0.05, 0) is 49.6 Å². The number of ether oxygens (including phenoxy) is 2. The summed E-state index contributed by atoms with van der Waals surface area (Å²) in [5.74, 6) is 0.712. The third kappa shape index (κ3) is 5.62. The van der Waals surface area contributed by atoms with Gasteiger partial charge >= 0.3 is 0 Å². The van der Waals surface area contributed by atoms with Crippen LogP contribution in [0.4, 0.5) is 9.52 Å². The van der Waals surface area contributed by atoms with E-state index in [1.165, 1.54) is 29.1 Å². The summed E-state index contributed by atoms with van der Waals surface area (Å²) in [6.45, 7) is 2.64. The van der Waals surface area contributed by atoms with Gasteiger partial charge in [0, 0.05) is 18.2 Å². The van der Waals surface area contributed by atoms with E-state index < -0.39 is 17.4 Å². The predicted molar refractivity (Wildman–Crippen MR) is 169 cm³/mol. The summed E-state index contributed by atoms with van der Waals surface area (Å²) in [4.78, 5) is 39.3. The monoisotopic (exact) mass is 613 g/mol. The molecule has 1 fully saturated rings. The van der Waals surface area contributed by atoms with Crippen LogP contribution < -0.4 is 25.2 Å². The predicted octanol–water partition coefficient (Wildman–Crippen LogP) is 5.57. The van der Waals surface area contributed by atoms with Crippen LogP contribution in [0.5, 0.6) is 11.5 Å². The molecule has 2 aromatic heterocycles. The van der Waals surface area contributed by atoms with Gasteiger partial charge in [-0.25, -0.2) is 14.4 Å². The van der Waals surface area contributed by atoms with Crippen molar-refractivity contribution in [2.24, 2.45) is 0 Å². The van der Waals surface area contributed by atoms with Crippen molar-refractivity contribution in [3.05, 3.63) is 100 Å². The highest BCUT2D eigenvalue weighted by Gasteiger charge is 2.34. The van der Waals surface area contributed by atoms with Crippen molar-refractivity contribution in [1.29, 1.82) is 0 Å². The Morgan fingerprint density at radius 1 is 1.07 bits per heavy atom. The van der Waals surface area contributed by atoms with Crippen molar-refractivity contribution in [1.82, 2.24) is 19.9 Å². The Morgan fingerprint density at radius 3 is 2.59 bits per heavy atom. The van der Waals surface area contributed by atoms with Crippen LogP contribution >= 0.6 is 11.3 Å². The number of fused-ring (bicyclic) bond motifs is 1. The van der Waals surface area contributed by atoms with Crippen LogP contribution in [0, 0.1) is 5.82 Å². The Hall–Kier alpha value is -4.77. The van der Waals surface area contributed by atoms with Gasteiger partial charge in [-0.2, -0.15) is 0 Å². The van der Waals surface area contributed by atoms with E-state index in [-0.39, 0.29) is 35.4 Å².